The van der Waals surface area contributed by atoms with Crippen molar-refractivity contribution in [3.8, 4) is 5.69 Å². The molecule has 7 heteroatoms. The number of carbonyl (C=O) groups excluding carboxylic acids is 1. The van der Waals surface area contributed by atoms with Crippen molar-refractivity contribution in [2.45, 2.75) is 38.0 Å². The summed E-state index contributed by atoms with van der Waals surface area (Å²) in [4.78, 5) is 15.1. The predicted molar refractivity (Wildman–Crippen MR) is 102 cm³/mol. The number of nitrogens with zero attached hydrogens (tertiary/aromatic N) is 5. The first-order valence-electron chi connectivity index (χ1n) is 9.54. The van der Waals surface area contributed by atoms with Gasteiger partial charge in [0.15, 0.2) is 0 Å². The van der Waals surface area contributed by atoms with E-state index in [1.54, 1.807) is 21.7 Å². The van der Waals surface area contributed by atoms with Crippen LogP contribution in [0.15, 0.2) is 42.7 Å². The Balaban J connectivity index is 1.53. The number of amides is 1. The van der Waals surface area contributed by atoms with E-state index >= 15 is 0 Å². The molecule has 1 fully saturated rings. The molecule has 1 amide bonds. The van der Waals surface area contributed by atoms with E-state index in [0.717, 1.165) is 42.5 Å². The molecule has 0 saturated heterocycles. The Hall–Kier alpha value is -3.09. The van der Waals surface area contributed by atoms with E-state index in [9.17, 15) is 9.18 Å². The number of halogens is 1. The molecule has 0 bridgehead atoms. The summed E-state index contributed by atoms with van der Waals surface area (Å²) in [6.45, 7) is 2.47. The fourth-order valence-electron chi connectivity index (χ4n) is 4.84. The van der Waals surface area contributed by atoms with E-state index in [4.69, 9.17) is 0 Å². The van der Waals surface area contributed by atoms with Crippen LogP contribution in [-0.4, -0.2) is 32.7 Å². The summed E-state index contributed by atoms with van der Waals surface area (Å²) in [5.74, 6) is -0.290. The number of aryl methyl sites for hydroxylation is 1. The monoisotopic (exact) mass is 377 g/mol. The van der Waals surface area contributed by atoms with Gasteiger partial charge in [-0.05, 0) is 66.1 Å². The zero-order valence-electron chi connectivity index (χ0n) is 15.6. The van der Waals surface area contributed by atoms with Gasteiger partial charge in [-0.25, -0.2) is 9.07 Å². The molecule has 5 rings (SSSR count). The molecule has 0 radical (unpaired) electrons. The second kappa shape index (κ2) is 6.22. The minimum Gasteiger partial charge on any atom is -0.307 e. The van der Waals surface area contributed by atoms with Gasteiger partial charge in [0.25, 0.3) is 5.91 Å². The molecule has 6 nitrogen and oxygen atoms in total. The summed E-state index contributed by atoms with van der Waals surface area (Å²) in [5.41, 5.74) is 3.50. The van der Waals surface area contributed by atoms with Gasteiger partial charge in [-0.15, -0.1) is 5.10 Å². The quantitative estimate of drug-likeness (QED) is 0.685. The Morgan fingerprint density at radius 2 is 1.96 bits per heavy atom. The second-order valence-electron chi connectivity index (χ2n) is 7.77. The van der Waals surface area contributed by atoms with Crippen LogP contribution in [0.3, 0.4) is 0 Å². The van der Waals surface area contributed by atoms with E-state index in [0.29, 0.717) is 17.8 Å². The maximum atomic E-state index is 14.7. The van der Waals surface area contributed by atoms with Gasteiger partial charge < -0.3 is 4.90 Å². The molecule has 0 unspecified atom stereocenters. The lowest BCUT2D eigenvalue weighted by Gasteiger charge is -2.25. The van der Waals surface area contributed by atoms with Crippen molar-refractivity contribution < 1.29 is 9.18 Å². The highest BCUT2D eigenvalue weighted by atomic mass is 19.1. The molecule has 28 heavy (non-hydrogen) atoms. The molecule has 3 aromatic rings. The standard InChI is InChI=1S/C21H20FN5O/c1-14-11-15(7-8-17(14)27-13-23-24-25-27)20(28)26-12-21(9-2-3-10-21)19-16(22)5-4-6-18(19)26/h4-8,11,13H,2-3,9-10,12H2,1H3. The highest BCUT2D eigenvalue weighted by Crippen LogP contribution is 2.51. The van der Waals surface area contributed by atoms with Crippen molar-refractivity contribution in [2.75, 3.05) is 11.4 Å². The van der Waals surface area contributed by atoms with Crippen molar-refractivity contribution in [3.63, 3.8) is 0 Å². The number of aromatic nitrogens is 4. The molecule has 1 saturated carbocycles. The lowest BCUT2D eigenvalue weighted by molar-refractivity contribution is 0.0985. The third-order valence-corrected chi connectivity index (χ3v) is 6.12. The molecular weight excluding hydrogens is 357 g/mol. The zero-order chi connectivity index (χ0) is 19.3. The maximum Gasteiger partial charge on any atom is 0.258 e. The van der Waals surface area contributed by atoms with Crippen molar-refractivity contribution in [1.82, 2.24) is 20.2 Å². The SMILES string of the molecule is Cc1cc(C(=O)N2CC3(CCCC3)c3c(F)cccc32)ccc1-n1cnnn1. The highest BCUT2D eigenvalue weighted by molar-refractivity contribution is 6.08. The lowest BCUT2D eigenvalue weighted by atomic mass is 9.80. The van der Waals surface area contributed by atoms with Crippen molar-refractivity contribution in [1.29, 1.82) is 0 Å². The van der Waals surface area contributed by atoms with Gasteiger partial charge in [0.2, 0.25) is 0 Å². The first kappa shape index (κ1) is 17.0. The van der Waals surface area contributed by atoms with Gasteiger partial charge >= 0.3 is 0 Å². The highest BCUT2D eigenvalue weighted by Gasteiger charge is 2.48. The normalized spacial score (nSPS) is 17.3. The number of tetrazole rings is 1. The molecule has 1 aliphatic heterocycles. The molecular formula is C21H20FN5O. The van der Waals surface area contributed by atoms with E-state index in [2.05, 4.69) is 15.5 Å². The summed E-state index contributed by atoms with van der Waals surface area (Å²) in [7, 11) is 0. The number of benzene rings is 2. The van der Waals surface area contributed by atoms with Crippen LogP contribution in [0.5, 0.6) is 0 Å². The molecule has 142 valence electrons. The van der Waals surface area contributed by atoms with E-state index in [1.165, 1.54) is 12.4 Å². The van der Waals surface area contributed by atoms with Crippen LogP contribution in [0.25, 0.3) is 5.69 Å². The summed E-state index contributed by atoms with van der Waals surface area (Å²) < 4.78 is 16.3. The number of carbonyl (C=O) groups is 1. The van der Waals surface area contributed by atoms with Gasteiger partial charge in [0.05, 0.1) is 11.4 Å². The minimum atomic E-state index is -0.238. The van der Waals surface area contributed by atoms with Crippen molar-refractivity contribution in [3.05, 3.63) is 65.2 Å². The van der Waals surface area contributed by atoms with E-state index < -0.39 is 0 Å². The topological polar surface area (TPSA) is 63.9 Å². The molecule has 0 N–H and O–H groups in total. The largest absolute Gasteiger partial charge is 0.307 e. The van der Waals surface area contributed by atoms with Crippen LogP contribution in [0.1, 0.15) is 47.2 Å². The first-order chi connectivity index (χ1) is 13.6. The zero-order valence-corrected chi connectivity index (χ0v) is 15.6. The van der Waals surface area contributed by atoms with Crippen LogP contribution < -0.4 is 4.90 Å². The third kappa shape index (κ3) is 2.46. The molecule has 0 atom stereocenters. The van der Waals surface area contributed by atoms with Gasteiger partial charge in [-0.3, -0.25) is 4.79 Å². The average Bonchev–Trinajstić information content (AvgIpc) is 3.43. The second-order valence-corrected chi connectivity index (χ2v) is 7.77. The smallest absolute Gasteiger partial charge is 0.258 e. The number of anilines is 1. The Morgan fingerprint density at radius 3 is 2.68 bits per heavy atom. The van der Waals surface area contributed by atoms with E-state index in [-0.39, 0.29) is 17.1 Å². The fraction of sp³-hybridized carbons (Fsp3) is 0.333. The van der Waals surface area contributed by atoms with Gasteiger partial charge in [0.1, 0.15) is 12.1 Å². The molecule has 2 aromatic carbocycles. The molecule has 1 aromatic heterocycles. The van der Waals surface area contributed by atoms with Crippen LogP contribution in [-0.2, 0) is 5.41 Å². The molecule has 2 heterocycles. The average molecular weight is 377 g/mol. The Bertz CT molecular complexity index is 1060. The third-order valence-electron chi connectivity index (χ3n) is 6.12. The summed E-state index contributed by atoms with van der Waals surface area (Å²) in [6, 6.07) is 10.5. The van der Waals surface area contributed by atoms with Crippen LogP contribution in [0.2, 0.25) is 0 Å². The summed E-state index contributed by atoms with van der Waals surface area (Å²) >= 11 is 0. The lowest BCUT2D eigenvalue weighted by Crippen LogP contribution is -2.35. The number of fused-ring (bicyclic) bond motifs is 2. The Morgan fingerprint density at radius 1 is 1.14 bits per heavy atom. The fourth-order valence-corrected chi connectivity index (χ4v) is 4.84. The number of hydrogen-bond acceptors (Lipinski definition) is 4. The molecule has 1 aliphatic carbocycles. The van der Waals surface area contributed by atoms with E-state index in [1.807, 2.05) is 25.1 Å². The molecule has 1 spiro atoms. The minimum absolute atomic E-state index is 0.0954. The summed E-state index contributed by atoms with van der Waals surface area (Å²) in [6.07, 6.45) is 5.54. The van der Waals surface area contributed by atoms with Crippen LogP contribution in [0.4, 0.5) is 10.1 Å². The maximum absolute atomic E-state index is 14.7. The van der Waals surface area contributed by atoms with Crippen molar-refractivity contribution in [2.24, 2.45) is 0 Å². The van der Waals surface area contributed by atoms with Crippen LogP contribution in [0, 0.1) is 12.7 Å². The predicted octanol–water partition coefficient (Wildman–Crippen LogP) is 3.58. The van der Waals surface area contributed by atoms with Gasteiger partial charge in [0, 0.05) is 23.1 Å². The Labute approximate surface area is 162 Å². The van der Waals surface area contributed by atoms with Crippen LogP contribution >= 0.6 is 0 Å². The first-order valence-corrected chi connectivity index (χ1v) is 9.54. The number of rotatable bonds is 2. The molecule has 2 aliphatic rings. The Kier molecular flexibility index (Phi) is 3.79. The van der Waals surface area contributed by atoms with Gasteiger partial charge in [-0.1, -0.05) is 18.9 Å². The number of hydrogen-bond donors (Lipinski definition) is 0. The van der Waals surface area contributed by atoms with Gasteiger partial charge in [-0.2, -0.15) is 0 Å². The summed E-state index contributed by atoms with van der Waals surface area (Å²) in [5, 5.41) is 11.2. The van der Waals surface area contributed by atoms with Crippen molar-refractivity contribution >= 4 is 11.6 Å².